The van der Waals surface area contributed by atoms with Crippen molar-refractivity contribution in [1.82, 2.24) is 15.3 Å². The predicted molar refractivity (Wildman–Crippen MR) is 152 cm³/mol. The number of furan rings is 1. The van der Waals surface area contributed by atoms with Crippen LogP contribution in [0.2, 0.25) is 5.02 Å². The van der Waals surface area contributed by atoms with Crippen LogP contribution in [0.25, 0.3) is 0 Å². The number of aromatic nitrogens is 2. The number of hydrogen-bond donors (Lipinski definition) is 1. The van der Waals surface area contributed by atoms with E-state index in [1.807, 2.05) is 24.3 Å². The second-order valence-electron chi connectivity index (χ2n) is 9.91. The second kappa shape index (κ2) is 12.4. The van der Waals surface area contributed by atoms with E-state index in [4.69, 9.17) is 30.7 Å². The number of hydrogen-bond acceptors (Lipinski definition) is 8. The van der Waals surface area contributed by atoms with Gasteiger partial charge in [-0.25, -0.2) is 9.97 Å². The van der Waals surface area contributed by atoms with Crippen molar-refractivity contribution < 1.29 is 13.9 Å². The molecular weight excluding hydrogens is 522 g/mol. The summed E-state index contributed by atoms with van der Waals surface area (Å²) in [5.74, 6) is 2.58. The van der Waals surface area contributed by atoms with E-state index in [0.717, 1.165) is 67.8 Å². The predicted octanol–water partition coefficient (Wildman–Crippen LogP) is 5.37. The van der Waals surface area contributed by atoms with Crippen LogP contribution < -0.4 is 15.1 Å². The van der Waals surface area contributed by atoms with Crippen molar-refractivity contribution in [2.24, 2.45) is 0 Å². The molecule has 0 saturated carbocycles. The first-order valence-electron chi connectivity index (χ1n) is 13.2. The summed E-state index contributed by atoms with van der Waals surface area (Å²) in [6.45, 7) is 9.01. The van der Waals surface area contributed by atoms with Crippen LogP contribution in [0, 0.1) is 0 Å². The highest BCUT2D eigenvalue weighted by atomic mass is 35.5. The van der Waals surface area contributed by atoms with Crippen LogP contribution in [0.4, 0.5) is 11.5 Å². The molecule has 0 spiro atoms. The molecule has 2 aromatic heterocycles. The number of anilines is 2. The Morgan fingerprint density at radius 3 is 2.66 bits per heavy atom. The highest BCUT2D eigenvalue weighted by molar-refractivity contribution is 7.98. The van der Waals surface area contributed by atoms with E-state index >= 15 is 0 Å². The molecular formula is C28H34ClN5O3S. The van der Waals surface area contributed by atoms with Crippen molar-refractivity contribution in [2.75, 3.05) is 49.1 Å². The van der Waals surface area contributed by atoms with E-state index < -0.39 is 0 Å². The fourth-order valence-corrected chi connectivity index (χ4v) is 5.66. The van der Waals surface area contributed by atoms with E-state index in [9.17, 15) is 4.79 Å². The summed E-state index contributed by atoms with van der Waals surface area (Å²) in [5, 5.41) is 4.39. The number of nitrogens with zero attached hydrogens (tertiary/aromatic N) is 4. The number of carbonyl (C=O) groups excluding carboxylic acids is 1. The van der Waals surface area contributed by atoms with Gasteiger partial charge in [0.1, 0.15) is 11.6 Å². The SMILES string of the molecule is CC(C)c1cc(N2CCN(c3ccccc3Cl)CC2)nc(SCc2ccc(C(=O)NCC3CCCO3)o2)n1. The third-order valence-electron chi connectivity index (χ3n) is 6.84. The quantitative estimate of drug-likeness (QED) is 0.278. The molecule has 2 aliphatic rings. The second-order valence-corrected chi connectivity index (χ2v) is 11.3. The number of ether oxygens (including phenoxy) is 1. The Morgan fingerprint density at radius 2 is 1.92 bits per heavy atom. The summed E-state index contributed by atoms with van der Waals surface area (Å²) in [5.41, 5.74) is 2.09. The lowest BCUT2D eigenvalue weighted by molar-refractivity contribution is 0.0834. The number of carbonyl (C=O) groups is 1. The average molecular weight is 556 g/mol. The smallest absolute Gasteiger partial charge is 0.287 e. The average Bonchev–Trinajstić information content (AvgIpc) is 3.63. The molecule has 8 nitrogen and oxygen atoms in total. The number of thioether (sulfide) groups is 1. The van der Waals surface area contributed by atoms with Crippen LogP contribution in [0.1, 0.15) is 54.6 Å². The number of para-hydroxylation sites is 1. The summed E-state index contributed by atoms with van der Waals surface area (Å²) < 4.78 is 11.4. The van der Waals surface area contributed by atoms with Crippen LogP contribution in [0.15, 0.2) is 52.0 Å². The molecule has 10 heteroatoms. The number of piperazine rings is 1. The van der Waals surface area contributed by atoms with Gasteiger partial charge in [-0.05, 0) is 43.0 Å². The first-order chi connectivity index (χ1) is 18.5. The van der Waals surface area contributed by atoms with Gasteiger partial charge in [-0.3, -0.25) is 4.79 Å². The molecule has 1 unspecified atom stereocenters. The molecule has 38 heavy (non-hydrogen) atoms. The third kappa shape index (κ3) is 6.62. The molecule has 1 amide bonds. The first kappa shape index (κ1) is 26.8. The Balaban J connectivity index is 1.20. The Hall–Kier alpha value is -2.75. The Kier molecular flexibility index (Phi) is 8.76. The van der Waals surface area contributed by atoms with Crippen molar-refractivity contribution >= 4 is 40.8 Å². The normalized spacial score (nSPS) is 17.8. The van der Waals surface area contributed by atoms with Crippen LogP contribution in [-0.4, -0.2) is 61.3 Å². The summed E-state index contributed by atoms with van der Waals surface area (Å²) in [7, 11) is 0. The number of rotatable bonds is 9. The Morgan fingerprint density at radius 1 is 1.13 bits per heavy atom. The van der Waals surface area contributed by atoms with Gasteiger partial charge in [0.2, 0.25) is 0 Å². The lowest BCUT2D eigenvalue weighted by Gasteiger charge is -2.37. The maximum atomic E-state index is 12.5. The molecule has 1 atom stereocenters. The minimum atomic E-state index is -0.215. The van der Waals surface area contributed by atoms with Gasteiger partial charge in [0.25, 0.3) is 5.91 Å². The fourth-order valence-electron chi connectivity index (χ4n) is 4.65. The van der Waals surface area contributed by atoms with Gasteiger partial charge in [-0.2, -0.15) is 0 Å². The fraction of sp³-hybridized carbons (Fsp3) is 0.464. The highest BCUT2D eigenvalue weighted by Gasteiger charge is 2.22. The number of halogens is 1. The Labute approximate surface area is 233 Å². The standard InChI is InChI=1S/C28H34ClN5O3S/c1-19(2)23-16-26(34-13-11-33(12-14-34)24-8-4-3-7-22(24)29)32-28(31-23)38-18-21-9-10-25(37-21)27(35)30-17-20-6-5-15-36-20/h3-4,7-10,16,19-20H,5-6,11-15,17-18H2,1-2H3,(H,30,35). The zero-order valence-electron chi connectivity index (χ0n) is 21.9. The van der Waals surface area contributed by atoms with Gasteiger partial charge in [0.05, 0.1) is 22.6 Å². The third-order valence-corrected chi connectivity index (χ3v) is 8.03. The van der Waals surface area contributed by atoms with Crippen molar-refractivity contribution in [2.45, 2.75) is 49.6 Å². The number of amides is 1. The topological polar surface area (TPSA) is 83.7 Å². The van der Waals surface area contributed by atoms with Crippen molar-refractivity contribution in [3.05, 3.63) is 64.7 Å². The van der Waals surface area contributed by atoms with Gasteiger partial charge in [-0.15, -0.1) is 0 Å². The monoisotopic (exact) mass is 555 g/mol. The van der Waals surface area contributed by atoms with Crippen molar-refractivity contribution in [1.29, 1.82) is 0 Å². The zero-order valence-corrected chi connectivity index (χ0v) is 23.4. The van der Waals surface area contributed by atoms with E-state index in [1.165, 1.54) is 11.8 Å². The van der Waals surface area contributed by atoms with Crippen LogP contribution in [-0.2, 0) is 10.5 Å². The molecule has 4 heterocycles. The van der Waals surface area contributed by atoms with E-state index in [2.05, 4.69) is 41.1 Å². The molecule has 5 rings (SSSR count). The molecule has 1 N–H and O–H groups in total. The van der Waals surface area contributed by atoms with E-state index in [0.29, 0.717) is 29.0 Å². The minimum Gasteiger partial charge on any atom is -0.455 e. The molecule has 1 aromatic carbocycles. The highest BCUT2D eigenvalue weighted by Crippen LogP contribution is 2.29. The van der Waals surface area contributed by atoms with Crippen LogP contribution in [0.5, 0.6) is 0 Å². The number of benzene rings is 1. The lowest BCUT2D eigenvalue weighted by atomic mass is 10.1. The summed E-state index contributed by atoms with van der Waals surface area (Å²) in [6.07, 6.45) is 2.13. The Bertz CT molecular complexity index is 1240. The molecule has 3 aromatic rings. The maximum absolute atomic E-state index is 12.5. The zero-order chi connectivity index (χ0) is 26.5. The molecule has 2 saturated heterocycles. The summed E-state index contributed by atoms with van der Waals surface area (Å²) in [4.78, 5) is 26.8. The van der Waals surface area contributed by atoms with Gasteiger partial charge in [0, 0.05) is 51.1 Å². The molecule has 0 aliphatic carbocycles. The minimum absolute atomic E-state index is 0.0997. The first-order valence-corrected chi connectivity index (χ1v) is 14.6. The number of nitrogens with one attached hydrogen (secondary N) is 1. The van der Waals surface area contributed by atoms with Crippen LogP contribution in [0.3, 0.4) is 0 Å². The molecule has 2 aliphatic heterocycles. The van der Waals surface area contributed by atoms with Gasteiger partial charge < -0.3 is 24.3 Å². The molecule has 202 valence electrons. The molecule has 0 radical (unpaired) electrons. The van der Waals surface area contributed by atoms with Crippen molar-refractivity contribution in [3.8, 4) is 0 Å². The van der Waals surface area contributed by atoms with Crippen LogP contribution >= 0.6 is 23.4 Å². The van der Waals surface area contributed by atoms with E-state index in [1.54, 1.807) is 6.07 Å². The maximum Gasteiger partial charge on any atom is 0.287 e. The van der Waals surface area contributed by atoms with E-state index in [-0.39, 0.29) is 17.9 Å². The largest absolute Gasteiger partial charge is 0.455 e. The lowest BCUT2D eigenvalue weighted by Crippen LogP contribution is -2.47. The molecule has 0 bridgehead atoms. The summed E-state index contributed by atoms with van der Waals surface area (Å²) in [6, 6.07) is 13.7. The van der Waals surface area contributed by atoms with Gasteiger partial charge in [0.15, 0.2) is 10.9 Å². The summed E-state index contributed by atoms with van der Waals surface area (Å²) >= 11 is 7.94. The van der Waals surface area contributed by atoms with Gasteiger partial charge >= 0.3 is 0 Å². The van der Waals surface area contributed by atoms with Crippen molar-refractivity contribution in [3.63, 3.8) is 0 Å². The molecule has 2 fully saturated rings. The van der Waals surface area contributed by atoms with Gasteiger partial charge in [-0.1, -0.05) is 49.3 Å².